The zero-order chi connectivity index (χ0) is 7.73. The van der Waals surface area contributed by atoms with Crippen molar-refractivity contribution in [3.05, 3.63) is 0 Å². The largest absolute Gasteiger partial charge is 0.368 e. The van der Waals surface area contributed by atoms with Crippen LogP contribution in [0.1, 0.15) is 19.3 Å². The number of halogens is 1. The zero-order valence-electron chi connectivity index (χ0n) is 6.61. The summed E-state index contributed by atoms with van der Waals surface area (Å²) < 4.78 is 7.11. The lowest BCUT2D eigenvalue weighted by Gasteiger charge is -2.47. The summed E-state index contributed by atoms with van der Waals surface area (Å²) in [4.78, 5) is 0. The van der Waals surface area contributed by atoms with Gasteiger partial charge in [-0.15, -0.1) is 0 Å². The fourth-order valence-corrected chi connectivity index (χ4v) is 2.34. The van der Waals surface area contributed by atoms with Crippen LogP contribution in [0.3, 0.4) is 0 Å². The van der Waals surface area contributed by atoms with Crippen molar-refractivity contribution >= 4 is 22.6 Å². The molecule has 1 unspecified atom stereocenters. The van der Waals surface area contributed by atoms with Gasteiger partial charge in [-0.3, -0.25) is 0 Å². The molecule has 64 valence electrons. The van der Waals surface area contributed by atoms with Crippen LogP contribution in [0.25, 0.3) is 0 Å². The molecule has 1 heterocycles. The predicted molar refractivity (Wildman–Crippen MR) is 53.2 cm³/mol. The van der Waals surface area contributed by atoms with Crippen molar-refractivity contribution < 1.29 is 4.74 Å². The standard InChI is InChI=1S/C8H14INO/c9-4-7-5-10-6-8(11-7)2-1-3-8/h7,10H,1-6H2. The smallest absolute Gasteiger partial charge is 0.0811 e. The summed E-state index contributed by atoms with van der Waals surface area (Å²) in [7, 11) is 0. The maximum atomic E-state index is 5.99. The van der Waals surface area contributed by atoms with E-state index in [9.17, 15) is 0 Å². The summed E-state index contributed by atoms with van der Waals surface area (Å²) in [5.41, 5.74) is 0.258. The van der Waals surface area contributed by atoms with Crippen molar-refractivity contribution in [1.29, 1.82) is 0 Å². The maximum absolute atomic E-state index is 5.99. The third-order valence-corrected chi connectivity index (χ3v) is 3.66. The average Bonchev–Trinajstić information content (AvgIpc) is 2.02. The molecular formula is C8H14INO. The van der Waals surface area contributed by atoms with Crippen molar-refractivity contribution in [2.45, 2.75) is 31.0 Å². The van der Waals surface area contributed by atoms with E-state index in [4.69, 9.17) is 4.74 Å². The molecule has 11 heavy (non-hydrogen) atoms. The summed E-state index contributed by atoms with van der Waals surface area (Å²) in [6, 6.07) is 0. The first-order valence-corrected chi connectivity index (χ1v) is 5.82. The highest BCUT2D eigenvalue weighted by atomic mass is 127. The van der Waals surface area contributed by atoms with Gasteiger partial charge in [-0.2, -0.15) is 0 Å². The molecule has 1 spiro atoms. The van der Waals surface area contributed by atoms with Gasteiger partial charge in [0.05, 0.1) is 11.7 Å². The van der Waals surface area contributed by atoms with Crippen molar-refractivity contribution in [2.24, 2.45) is 0 Å². The molecule has 0 aromatic rings. The van der Waals surface area contributed by atoms with Crippen LogP contribution in [0.2, 0.25) is 0 Å². The number of ether oxygens (including phenoxy) is 1. The molecule has 2 nitrogen and oxygen atoms in total. The molecule has 2 aliphatic rings. The monoisotopic (exact) mass is 267 g/mol. The van der Waals surface area contributed by atoms with E-state index in [-0.39, 0.29) is 5.60 Å². The molecule has 2 rings (SSSR count). The Bertz CT molecular complexity index is 147. The van der Waals surface area contributed by atoms with E-state index in [1.807, 2.05) is 0 Å². The number of nitrogens with one attached hydrogen (secondary N) is 1. The van der Waals surface area contributed by atoms with Gasteiger partial charge in [0.15, 0.2) is 0 Å². The zero-order valence-corrected chi connectivity index (χ0v) is 8.76. The molecule has 0 bridgehead atoms. The third-order valence-electron chi connectivity index (χ3n) is 2.67. The van der Waals surface area contributed by atoms with E-state index < -0.39 is 0 Å². The third kappa shape index (κ3) is 1.55. The van der Waals surface area contributed by atoms with Gasteiger partial charge in [0.1, 0.15) is 0 Å². The lowest BCUT2D eigenvalue weighted by molar-refractivity contribution is -0.148. The van der Waals surface area contributed by atoms with Gasteiger partial charge in [0, 0.05) is 17.5 Å². The minimum absolute atomic E-state index is 0.258. The topological polar surface area (TPSA) is 21.3 Å². The molecule has 1 aliphatic heterocycles. The number of morpholine rings is 1. The van der Waals surface area contributed by atoms with Crippen LogP contribution >= 0.6 is 22.6 Å². The predicted octanol–water partition coefficient (Wildman–Crippen LogP) is 1.33. The van der Waals surface area contributed by atoms with Gasteiger partial charge < -0.3 is 10.1 Å². The molecule has 1 aliphatic carbocycles. The molecule has 0 radical (unpaired) electrons. The minimum atomic E-state index is 0.258. The molecular weight excluding hydrogens is 253 g/mol. The Labute approximate surface area is 81.2 Å². The molecule has 1 N–H and O–H groups in total. The van der Waals surface area contributed by atoms with Gasteiger partial charge >= 0.3 is 0 Å². The lowest BCUT2D eigenvalue weighted by atomic mass is 9.79. The first-order chi connectivity index (χ1) is 5.35. The van der Waals surface area contributed by atoms with Crippen LogP contribution in [0.15, 0.2) is 0 Å². The number of hydrogen-bond acceptors (Lipinski definition) is 2. The number of rotatable bonds is 1. The van der Waals surface area contributed by atoms with Crippen LogP contribution in [-0.4, -0.2) is 29.2 Å². The molecule has 0 aromatic heterocycles. The van der Waals surface area contributed by atoms with Gasteiger partial charge in [0.2, 0.25) is 0 Å². The minimum Gasteiger partial charge on any atom is -0.368 e. The van der Waals surface area contributed by atoms with Gasteiger partial charge in [0.25, 0.3) is 0 Å². The van der Waals surface area contributed by atoms with Crippen molar-refractivity contribution in [2.75, 3.05) is 17.5 Å². The fraction of sp³-hybridized carbons (Fsp3) is 1.00. The Morgan fingerprint density at radius 2 is 2.36 bits per heavy atom. The Morgan fingerprint density at radius 1 is 1.55 bits per heavy atom. The van der Waals surface area contributed by atoms with Crippen LogP contribution in [-0.2, 0) is 4.74 Å². The second-order valence-electron chi connectivity index (χ2n) is 3.56. The highest BCUT2D eigenvalue weighted by Gasteiger charge is 2.41. The highest BCUT2D eigenvalue weighted by molar-refractivity contribution is 14.1. The Hall–Kier alpha value is 0.650. The first kappa shape index (κ1) is 8.26. The van der Waals surface area contributed by atoms with Gasteiger partial charge in [-0.25, -0.2) is 0 Å². The first-order valence-electron chi connectivity index (χ1n) is 4.29. The van der Waals surface area contributed by atoms with Crippen molar-refractivity contribution in [3.8, 4) is 0 Å². The summed E-state index contributed by atoms with van der Waals surface area (Å²) in [6.45, 7) is 2.13. The van der Waals surface area contributed by atoms with Crippen LogP contribution < -0.4 is 5.32 Å². The number of alkyl halides is 1. The molecule has 1 atom stereocenters. The van der Waals surface area contributed by atoms with E-state index in [2.05, 4.69) is 27.9 Å². The van der Waals surface area contributed by atoms with E-state index in [0.717, 1.165) is 17.5 Å². The second-order valence-corrected chi connectivity index (χ2v) is 4.44. The molecule has 1 saturated heterocycles. The Kier molecular flexibility index (Phi) is 2.39. The van der Waals surface area contributed by atoms with E-state index in [1.165, 1.54) is 19.3 Å². The fourth-order valence-electron chi connectivity index (χ4n) is 1.85. The summed E-state index contributed by atoms with van der Waals surface area (Å²) in [5, 5.41) is 3.45. The quantitative estimate of drug-likeness (QED) is 0.571. The van der Waals surface area contributed by atoms with Crippen LogP contribution in [0.4, 0.5) is 0 Å². The van der Waals surface area contributed by atoms with Crippen LogP contribution in [0.5, 0.6) is 0 Å². The van der Waals surface area contributed by atoms with E-state index in [1.54, 1.807) is 0 Å². The van der Waals surface area contributed by atoms with Gasteiger partial charge in [-0.05, 0) is 19.3 Å². The molecule has 3 heteroatoms. The second kappa shape index (κ2) is 3.18. The maximum Gasteiger partial charge on any atom is 0.0811 e. The molecule has 0 aromatic carbocycles. The molecule has 0 amide bonds. The lowest BCUT2D eigenvalue weighted by Crippen LogP contribution is -2.57. The van der Waals surface area contributed by atoms with Crippen molar-refractivity contribution in [1.82, 2.24) is 5.32 Å². The summed E-state index contributed by atoms with van der Waals surface area (Å²) >= 11 is 2.40. The highest BCUT2D eigenvalue weighted by Crippen LogP contribution is 2.37. The number of hydrogen-bond donors (Lipinski definition) is 1. The summed E-state index contributed by atoms with van der Waals surface area (Å²) in [5.74, 6) is 0. The molecule has 2 fully saturated rings. The normalized spacial score (nSPS) is 35.2. The van der Waals surface area contributed by atoms with Crippen LogP contribution in [0, 0.1) is 0 Å². The Morgan fingerprint density at radius 3 is 2.91 bits per heavy atom. The van der Waals surface area contributed by atoms with Crippen molar-refractivity contribution in [3.63, 3.8) is 0 Å². The molecule has 1 saturated carbocycles. The van der Waals surface area contributed by atoms with E-state index >= 15 is 0 Å². The summed E-state index contributed by atoms with van der Waals surface area (Å²) in [6.07, 6.45) is 4.36. The van der Waals surface area contributed by atoms with E-state index in [0.29, 0.717) is 6.10 Å². The SMILES string of the molecule is ICC1CNCC2(CCC2)O1. The average molecular weight is 267 g/mol. The Balaban J connectivity index is 1.92. The van der Waals surface area contributed by atoms with Gasteiger partial charge in [-0.1, -0.05) is 22.6 Å².